The van der Waals surface area contributed by atoms with Gasteiger partial charge in [-0.15, -0.1) is 0 Å². The van der Waals surface area contributed by atoms with Gasteiger partial charge in [-0.2, -0.15) is 0 Å². The van der Waals surface area contributed by atoms with E-state index in [1.807, 2.05) is 36.4 Å². The Labute approximate surface area is 179 Å². The van der Waals surface area contributed by atoms with Crippen LogP contribution in [0.5, 0.6) is 11.5 Å². The van der Waals surface area contributed by atoms with E-state index in [4.69, 9.17) is 14.2 Å². The molecule has 29 heavy (non-hydrogen) atoms. The zero-order valence-corrected chi connectivity index (χ0v) is 17.7. The van der Waals surface area contributed by atoms with Crippen LogP contribution < -0.4 is 20.1 Å². The summed E-state index contributed by atoms with van der Waals surface area (Å²) in [6.07, 6.45) is 1.45. The lowest BCUT2D eigenvalue weighted by Gasteiger charge is -2.38. The number of nitrogens with one attached hydrogen (secondary N) is 2. The van der Waals surface area contributed by atoms with Crippen LogP contribution in [0.1, 0.15) is 18.4 Å². The lowest BCUT2D eigenvalue weighted by molar-refractivity contribution is -0.121. The standard InChI is InChI=1S/C22H25BrN2O4/c23-17-5-3-4-16(12-17)22(8-10-27-11-9-22)25-14-21(26)24-13-18-15-28-19-6-1-2-7-20(19)29-18/h1-7,12,18,25H,8-11,13-15H2,(H,24,26). The first-order valence-electron chi connectivity index (χ1n) is 9.89. The van der Waals surface area contributed by atoms with Gasteiger partial charge in [-0.3, -0.25) is 10.1 Å². The molecule has 0 radical (unpaired) electrons. The van der Waals surface area contributed by atoms with Gasteiger partial charge in [0.25, 0.3) is 0 Å². The van der Waals surface area contributed by atoms with Crippen LogP contribution in [0.2, 0.25) is 0 Å². The molecule has 7 heteroatoms. The Balaban J connectivity index is 1.32. The van der Waals surface area contributed by atoms with E-state index in [1.165, 1.54) is 5.56 Å². The lowest BCUT2D eigenvalue weighted by atomic mass is 9.82. The molecule has 0 spiro atoms. The van der Waals surface area contributed by atoms with Gasteiger partial charge in [-0.05, 0) is 42.7 Å². The van der Waals surface area contributed by atoms with Crippen LogP contribution in [0.15, 0.2) is 53.0 Å². The first kappa shape index (κ1) is 20.2. The van der Waals surface area contributed by atoms with E-state index in [9.17, 15) is 4.79 Å². The summed E-state index contributed by atoms with van der Waals surface area (Å²) in [5.41, 5.74) is 0.909. The van der Waals surface area contributed by atoms with E-state index >= 15 is 0 Å². The maximum Gasteiger partial charge on any atom is 0.234 e. The molecule has 6 nitrogen and oxygen atoms in total. The number of carbonyl (C=O) groups excluding carboxylic acids is 1. The Kier molecular flexibility index (Phi) is 6.37. The number of carbonyl (C=O) groups is 1. The van der Waals surface area contributed by atoms with Gasteiger partial charge in [0.1, 0.15) is 12.7 Å². The molecule has 2 aliphatic rings. The van der Waals surface area contributed by atoms with E-state index in [1.54, 1.807) is 0 Å². The van der Waals surface area contributed by atoms with Gasteiger partial charge >= 0.3 is 0 Å². The summed E-state index contributed by atoms with van der Waals surface area (Å²) in [4.78, 5) is 12.5. The average Bonchev–Trinajstić information content (AvgIpc) is 2.77. The zero-order valence-electron chi connectivity index (χ0n) is 16.2. The van der Waals surface area contributed by atoms with Crippen LogP contribution in [0.3, 0.4) is 0 Å². The maximum atomic E-state index is 12.5. The molecule has 2 N–H and O–H groups in total. The first-order valence-corrected chi connectivity index (χ1v) is 10.7. The molecule has 0 aromatic heterocycles. The predicted octanol–water partition coefficient (Wildman–Crippen LogP) is 3.00. The molecule has 154 valence electrons. The van der Waals surface area contributed by atoms with E-state index in [-0.39, 0.29) is 24.1 Å². The minimum absolute atomic E-state index is 0.0617. The Morgan fingerprint density at radius 1 is 1.10 bits per heavy atom. The van der Waals surface area contributed by atoms with Gasteiger partial charge in [-0.25, -0.2) is 0 Å². The molecule has 0 bridgehead atoms. The zero-order chi connectivity index (χ0) is 20.1. The molecule has 2 aromatic carbocycles. The largest absolute Gasteiger partial charge is 0.486 e. The van der Waals surface area contributed by atoms with Crippen LogP contribution in [-0.2, 0) is 15.1 Å². The highest BCUT2D eigenvalue weighted by Crippen LogP contribution is 2.33. The number of rotatable bonds is 6. The van der Waals surface area contributed by atoms with Gasteiger partial charge in [0, 0.05) is 23.2 Å². The van der Waals surface area contributed by atoms with Crippen molar-refractivity contribution in [1.82, 2.24) is 10.6 Å². The summed E-state index contributed by atoms with van der Waals surface area (Å²) in [5.74, 6) is 1.40. The van der Waals surface area contributed by atoms with Crippen LogP contribution in [0, 0.1) is 0 Å². The van der Waals surface area contributed by atoms with Crippen LogP contribution in [-0.4, -0.2) is 44.9 Å². The predicted molar refractivity (Wildman–Crippen MR) is 113 cm³/mol. The third kappa shape index (κ3) is 4.91. The molecular formula is C22H25BrN2O4. The third-order valence-corrected chi connectivity index (χ3v) is 5.90. The van der Waals surface area contributed by atoms with Crippen LogP contribution in [0.25, 0.3) is 0 Å². The Hall–Kier alpha value is -2.09. The number of para-hydroxylation sites is 2. The summed E-state index contributed by atoms with van der Waals surface area (Å²) in [5, 5.41) is 6.45. The number of halogens is 1. The monoisotopic (exact) mass is 460 g/mol. The second-order valence-electron chi connectivity index (χ2n) is 7.36. The fourth-order valence-electron chi connectivity index (χ4n) is 3.78. The topological polar surface area (TPSA) is 68.8 Å². The summed E-state index contributed by atoms with van der Waals surface area (Å²) in [6.45, 7) is 2.41. The highest BCUT2D eigenvalue weighted by molar-refractivity contribution is 9.10. The Bertz CT molecular complexity index is 854. The molecule has 1 saturated heterocycles. The minimum Gasteiger partial charge on any atom is -0.486 e. The summed E-state index contributed by atoms with van der Waals surface area (Å²) < 4.78 is 18.2. The average molecular weight is 461 g/mol. The van der Waals surface area contributed by atoms with E-state index < -0.39 is 0 Å². The number of fused-ring (bicyclic) bond motifs is 1. The Morgan fingerprint density at radius 2 is 1.90 bits per heavy atom. The van der Waals surface area contributed by atoms with Crippen molar-refractivity contribution >= 4 is 21.8 Å². The van der Waals surface area contributed by atoms with Crippen molar-refractivity contribution in [2.45, 2.75) is 24.5 Å². The second kappa shape index (κ2) is 9.15. The number of ether oxygens (including phenoxy) is 3. The van der Waals surface area contributed by atoms with Crippen molar-refractivity contribution in [3.63, 3.8) is 0 Å². The molecule has 1 amide bonds. The molecule has 0 saturated carbocycles. The van der Waals surface area contributed by atoms with Crippen LogP contribution in [0.4, 0.5) is 0 Å². The quantitative estimate of drug-likeness (QED) is 0.693. The van der Waals surface area contributed by atoms with Crippen molar-refractivity contribution in [1.29, 1.82) is 0 Å². The number of amides is 1. The number of hydrogen-bond acceptors (Lipinski definition) is 5. The van der Waals surface area contributed by atoms with Crippen molar-refractivity contribution < 1.29 is 19.0 Å². The smallest absolute Gasteiger partial charge is 0.234 e. The summed E-state index contributed by atoms with van der Waals surface area (Å²) >= 11 is 3.55. The van der Waals surface area contributed by atoms with Crippen molar-refractivity contribution in [2.75, 3.05) is 32.9 Å². The van der Waals surface area contributed by atoms with Crippen molar-refractivity contribution in [2.24, 2.45) is 0 Å². The molecule has 2 aromatic rings. The summed E-state index contributed by atoms with van der Waals surface area (Å²) in [7, 11) is 0. The van der Waals surface area contributed by atoms with E-state index in [0.29, 0.717) is 32.1 Å². The van der Waals surface area contributed by atoms with E-state index in [0.717, 1.165) is 23.1 Å². The molecule has 1 unspecified atom stereocenters. The van der Waals surface area contributed by atoms with Crippen LogP contribution >= 0.6 is 15.9 Å². The minimum atomic E-state index is -0.261. The molecule has 0 aliphatic carbocycles. The second-order valence-corrected chi connectivity index (χ2v) is 8.28. The summed E-state index contributed by atoms with van der Waals surface area (Å²) in [6, 6.07) is 15.8. The molecule has 1 atom stereocenters. The first-order chi connectivity index (χ1) is 14.1. The molecule has 4 rings (SSSR count). The molecular weight excluding hydrogens is 436 g/mol. The van der Waals surface area contributed by atoms with Crippen molar-refractivity contribution in [3.05, 3.63) is 58.6 Å². The number of hydrogen-bond donors (Lipinski definition) is 2. The van der Waals surface area contributed by atoms with Gasteiger partial charge in [0.2, 0.25) is 5.91 Å². The highest BCUT2D eigenvalue weighted by atomic mass is 79.9. The SMILES string of the molecule is O=C(CNC1(c2cccc(Br)c2)CCOCC1)NCC1COc2ccccc2O1. The lowest BCUT2D eigenvalue weighted by Crippen LogP contribution is -2.51. The molecule has 2 aliphatic heterocycles. The Morgan fingerprint density at radius 3 is 2.69 bits per heavy atom. The maximum absolute atomic E-state index is 12.5. The van der Waals surface area contributed by atoms with Gasteiger partial charge in [-0.1, -0.05) is 40.2 Å². The highest BCUT2D eigenvalue weighted by Gasteiger charge is 2.34. The normalized spacial score (nSPS) is 20.1. The number of benzene rings is 2. The fraction of sp³-hybridized carbons (Fsp3) is 0.409. The third-order valence-electron chi connectivity index (χ3n) is 5.41. The molecule has 1 fully saturated rings. The van der Waals surface area contributed by atoms with Gasteiger partial charge < -0.3 is 19.5 Å². The van der Waals surface area contributed by atoms with Gasteiger partial charge in [0.05, 0.1) is 13.1 Å². The van der Waals surface area contributed by atoms with E-state index in [2.05, 4.69) is 38.7 Å². The van der Waals surface area contributed by atoms with Crippen molar-refractivity contribution in [3.8, 4) is 11.5 Å². The van der Waals surface area contributed by atoms with Gasteiger partial charge in [0.15, 0.2) is 11.5 Å². The fourth-order valence-corrected chi connectivity index (χ4v) is 4.18. The molecule has 2 heterocycles.